The predicted octanol–water partition coefficient (Wildman–Crippen LogP) is 6.42. The van der Waals surface area contributed by atoms with Crippen LogP contribution in [-0.4, -0.2) is 31.3 Å². The summed E-state index contributed by atoms with van der Waals surface area (Å²) in [5, 5.41) is 6.21. The molecule has 1 heterocycles. The predicted molar refractivity (Wildman–Crippen MR) is 162 cm³/mol. The van der Waals surface area contributed by atoms with Crippen LogP contribution in [0.25, 0.3) is 44.5 Å². The highest BCUT2D eigenvalue weighted by atomic mass is 19.1. The summed E-state index contributed by atoms with van der Waals surface area (Å²) in [4.78, 5) is 38.7. The summed E-state index contributed by atoms with van der Waals surface area (Å²) in [6, 6.07) is 23.5. The Labute approximate surface area is 242 Å². The van der Waals surface area contributed by atoms with Gasteiger partial charge in [0.25, 0.3) is 11.8 Å². The zero-order valence-corrected chi connectivity index (χ0v) is 23.5. The molecule has 1 aromatic heterocycles. The summed E-state index contributed by atoms with van der Waals surface area (Å²) in [5.41, 5.74) is 10.3. The number of primary amides is 1. The number of amides is 3. The third-order valence-corrected chi connectivity index (χ3v) is 7.00. The normalized spacial score (nSPS) is 11.1. The summed E-state index contributed by atoms with van der Waals surface area (Å²) < 4.78 is 19.7. The van der Waals surface area contributed by atoms with E-state index in [-0.39, 0.29) is 17.7 Å². The van der Waals surface area contributed by atoms with Crippen molar-refractivity contribution in [1.82, 2.24) is 10.6 Å². The molecule has 0 bridgehead atoms. The van der Waals surface area contributed by atoms with E-state index in [2.05, 4.69) is 10.6 Å². The summed E-state index contributed by atoms with van der Waals surface area (Å²) >= 11 is 0. The smallest absolute Gasteiger partial charge is 0.255 e. The number of benzene rings is 4. The van der Waals surface area contributed by atoms with E-state index in [1.807, 2.05) is 32.0 Å². The molecule has 0 unspecified atom stereocenters. The molecular formula is C34H30FN3O4. The highest BCUT2D eigenvalue weighted by Crippen LogP contribution is 2.37. The van der Waals surface area contributed by atoms with Crippen LogP contribution < -0.4 is 16.4 Å². The Hall–Kier alpha value is -5.24. The van der Waals surface area contributed by atoms with E-state index < -0.39 is 11.7 Å². The number of hydrogen-bond acceptors (Lipinski definition) is 4. The Morgan fingerprint density at radius 3 is 2.14 bits per heavy atom. The van der Waals surface area contributed by atoms with Crippen molar-refractivity contribution in [2.45, 2.75) is 13.8 Å². The second-order valence-electron chi connectivity index (χ2n) is 10.4. The van der Waals surface area contributed by atoms with Crippen LogP contribution in [0.2, 0.25) is 0 Å². The van der Waals surface area contributed by atoms with Crippen molar-refractivity contribution in [3.05, 3.63) is 107 Å². The second-order valence-corrected chi connectivity index (χ2v) is 10.4. The third-order valence-electron chi connectivity index (χ3n) is 7.00. The summed E-state index contributed by atoms with van der Waals surface area (Å²) in [6.07, 6.45) is 0. The molecule has 0 saturated carbocycles. The van der Waals surface area contributed by atoms with Crippen LogP contribution in [0.15, 0.2) is 89.3 Å². The SMILES string of the molecule is CNC(=O)c1c(-c2ccc(F)cc2)oc2ccc(-c3ccc(-c4ccccc4C(N)=O)c(C(=O)NCC(C)C)c3)cc12. The minimum atomic E-state index is -0.590. The summed E-state index contributed by atoms with van der Waals surface area (Å²) in [7, 11) is 1.53. The van der Waals surface area contributed by atoms with Gasteiger partial charge in [0, 0.05) is 35.7 Å². The molecule has 4 N–H and O–H groups in total. The first-order valence-corrected chi connectivity index (χ1v) is 13.5. The highest BCUT2D eigenvalue weighted by molar-refractivity contribution is 6.12. The number of halogens is 1. The van der Waals surface area contributed by atoms with E-state index in [1.165, 1.54) is 19.2 Å². The van der Waals surface area contributed by atoms with E-state index in [9.17, 15) is 18.8 Å². The molecule has 0 fully saturated rings. The molecule has 0 spiro atoms. The van der Waals surface area contributed by atoms with Crippen LogP contribution in [0.5, 0.6) is 0 Å². The number of nitrogens with one attached hydrogen (secondary N) is 2. The molecule has 212 valence electrons. The van der Waals surface area contributed by atoms with Gasteiger partial charge in [-0.05, 0) is 76.7 Å². The van der Waals surface area contributed by atoms with Crippen molar-refractivity contribution in [3.63, 3.8) is 0 Å². The molecule has 0 aliphatic rings. The lowest BCUT2D eigenvalue weighted by atomic mass is 9.91. The molecule has 4 aromatic carbocycles. The van der Waals surface area contributed by atoms with Crippen molar-refractivity contribution >= 4 is 28.7 Å². The van der Waals surface area contributed by atoms with E-state index in [0.717, 1.165) is 11.1 Å². The fourth-order valence-corrected chi connectivity index (χ4v) is 4.90. The van der Waals surface area contributed by atoms with Gasteiger partial charge >= 0.3 is 0 Å². The zero-order chi connectivity index (χ0) is 30.0. The van der Waals surface area contributed by atoms with E-state index in [1.54, 1.807) is 54.6 Å². The van der Waals surface area contributed by atoms with Crippen LogP contribution in [0.3, 0.4) is 0 Å². The number of rotatable bonds is 8. The fraction of sp³-hybridized carbons (Fsp3) is 0.147. The lowest BCUT2D eigenvalue weighted by molar-refractivity contribution is 0.0945. The monoisotopic (exact) mass is 563 g/mol. The Morgan fingerprint density at radius 1 is 0.810 bits per heavy atom. The van der Waals surface area contributed by atoms with Crippen molar-refractivity contribution in [2.24, 2.45) is 11.7 Å². The number of fused-ring (bicyclic) bond motifs is 1. The van der Waals surface area contributed by atoms with Crippen molar-refractivity contribution in [3.8, 4) is 33.6 Å². The van der Waals surface area contributed by atoms with Gasteiger partial charge in [0.2, 0.25) is 5.91 Å². The Bertz CT molecular complexity index is 1820. The number of furan rings is 1. The van der Waals surface area contributed by atoms with Crippen molar-refractivity contribution in [2.75, 3.05) is 13.6 Å². The van der Waals surface area contributed by atoms with Gasteiger partial charge in [-0.15, -0.1) is 0 Å². The maximum atomic E-state index is 13.6. The van der Waals surface area contributed by atoms with Gasteiger partial charge in [0.05, 0.1) is 5.56 Å². The molecule has 3 amide bonds. The van der Waals surface area contributed by atoms with Crippen LogP contribution >= 0.6 is 0 Å². The van der Waals surface area contributed by atoms with Crippen LogP contribution in [0.1, 0.15) is 44.9 Å². The van der Waals surface area contributed by atoms with E-state index in [0.29, 0.717) is 56.7 Å². The van der Waals surface area contributed by atoms with Crippen LogP contribution in [0.4, 0.5) is 4.39 Å². The summed E-state index contributed by atoms with van der Waals surface area (Å²) in [6.45, 7) is 4.48. The highest BCUT2D eigenvalue weighted by Gasteiger charge is 2.23. The lowest BCUT2D eigenvalue weighted by Gasteiger charge is -2.15. The van der Waals surface area contributed by atoms with Gasteiger partial charge in [0.1, 0.15) is 17.2 Å². The van der Waals surface area contributed by atoms with Gasteiger partial charge in [0.15, 0.2) is 0 Å². The van der Waals surface area contributed by atoms with Crippen molar-refractivity contribution < 1.29 is 23.2 Å². The topological polar surface area (TPSA) is 114 Å². The minimum Gasteiger partial charge on any atom is -0.455 e. The van der Waals surface area contributed by atoms with Gasteiger partial charge in [-0.3, -0.25) is 14.4 Å². The number of carbonyl (C=O) groups excluding carboxylic acids is 3. The molecule has 0 radical (unpaired) electrons. The number of nitrogens with two attached hydrogens (primary N) is 1. The largest absolute Gasteiger partial charge is 0.455 e. The Balaban J connectivity index is 1.67. The van der Waals surface area contributed by atoms with Crippen LogP contribution in [-0.2, 0) is 0 Å². The molecular weight excluding hydrogens is 533 g/mol. The van der Waals surface area contributed by atoms with Gasteiger partial charge in [-0.25, -0.2) is 4.39 Å². The molecule has 5 aromatic rings. The number of carbonyl (C=O) groups is 3. The molecule has 8 heteroatoms. The quantitative estimate of drug-likeness (QED) is 0.202. The molecule has 7 nitrogen and oxygen atoms in total. The average Bonchev–Trinajstić information content (AvgIpc) is 3.38. The Kier molecular flexibility index (Phi) is 7.88. The van der Waals surface area contributed by atoms with Crippen LogP contribution in [0, 0.1) is 11.7 Å². The van der Waals surface area contributed by atoms with Gasteiger partial charge in [-0.1, -0.05) is 50.2 Å². The van der Waals surface area contributed by atoms with Crippen molar-refractivity contribution in [1.29, 1.82) is 0 Å². The average molecular weight is 564 g/mol. The fourth-order valence-electron chi connectivity index (χ4n) is 4.90. The first-order chi connectivity index (χ1) is 20.2. The van der Waals surface area contributed by atoms with Gasteiger partial charge < -0.3 is 20.8 Å². The maximum Gasteiger partial charge on any atom is 0.255 e. The molecule has 0 aliphatic carbocycles. The molecule has 0 atom stereocenters. The second kappa shape index (κ2) is 11.7. The zero-order valence-electron chi connectivity index (χ0n) is 23.5. The van der Waals surface area contributed by atoms with Gasteiger partial charge in [-0.2, -0.15) is 0 Å². The third kappa shape index (κ3) is 5.51. The molecule has 0 aliphatic heterocycles. The maximum absolute atomic E-state index is 13.6. The first-order valence-electron chi connectivity index (χ1n) is 13.5. The minimum absolute atomic E-state index is 0.237. The molecule has 5 rings (SSSR count). The summed E-state index contributed by atoms with van der Waals surface area (Å²) in [5.74, 6) is -1.05. The van der Waals surface area contributed by atoms with E-state index >= 15 is 0 Å². The standard InChI is InChI=1S/C34H30FN3O4/c1-19(2)18-38-33(40)27-16-21(10-14-25(27)24-6-4-5-7-26(24)32(36)39)22-11-15-29-28(17-22)30(34(41)37-3)31(42-29)20-8-12-23(35)13-9-20/h4-17,19H,18H2,1-3H3,(H2,36,39)(H,37,41)(H,38,40). The molecule has 42 heavy (non-hydrogen) atoms. The number of hydrogen-bond donors (Lipinski definition) is 3. The Morgan fingerprint density at radius 2 is 1.45 bits per heavy atom. The van der Waals surface area contributed by atoms with E-state index in [4.69, 9.17) is 10.2 Å². The lowest BCUT2D eigenvalue weighted by Crippen LogP contribution is -2.28. The first kappa shape index (κ1) is 28.3. The molecule has 0 saturated heterocycles.